The van der Waals surface area contributed by atoms with Crippen molar-refractivity contribution in [3.63, 3.8) is 0 Å². The normalized spacial score (nSPS) is 10.0. The zero-order valence-corrected chi connectivity index (χ0v) is 13.2. The van der Waals surface area contributed by atoms with Gasteiger partial charge in [0.05, 0.1) is 0 Å². The molecule has 2 aromatic carbocycles. The highest BCUT2D eigenvalue weighted by Crippen LogP contribution is 2.22. The predicted molar refractivity (Wildman–Crippen MR) is 90.5 cm³/mol. The van der Waals surface area contributed by atoms with Crippen LogP contribution in [0.5, 0.6) is 0 Å². The molecule has 2 rings (SSSR count). The summed E-state index contributed by atoms with van der Waals surface area (Å²) in [5.41, 5.74) is 9.40. The smallest absolute Gasteiger partial charge is 0.0274 e. The zero-order valence-electron chi connectivity index (χ0n) is 13.2. The van der Waals surface area contributed by atoms with Crippen molar-refractivity contribution in [3.8, 4) is 24.7 Å². The maximum absolute atomic E-state index is 5.53. The first-order valence-corrected chi connectivity index (χ1v) is 7.09. The van der Waals surface area contributed by atoms with Gasteiger partial charge >= 0.3 is 0 Å². The summed E-state index contributed by atoms with van der Waals surface area (Å²) in [6, 6.07) is 8.61. The molecule has 0 bridgehead atoms. The van der Waals surface area contributed by atoms with Gasteiger partial charge in [-0.3, -0.25) is 0 Å². The van der Waals surface area contributed by atoms with E-state index in [1.807, 2.05) is 0 Å². The Bertz CT molecular complexity index is 710. The maximum atomic E-state index is 5.53. The second kappa shape index (κ2) is 5.90. The van der Waals surface area contributed by atoms with Gasteiger partial charge in [-0.2, -0.15) is 0 Å². The summed E-state index contributed by atoms with van der Waals surface area (Å²) in [5.74, 6) is 5.48. The van der Waals surface area contributed by atoms with Crippen molar-refractivity contribution in [2.75, 3.05) is 0 Å². The summed E-state index contributed by atoms with van der Waals surface area (Å²) in [7, 11) is 0. The Morgan fingerprint density at radius 2 is 1.05 bits per heavy atom. The minimum absolute atomic E-state index is 0.912. The molecular weight excluding hydrogens is 252 g/mol. The lowest BCUT2D eigenvalue weighted by Gasteiger charge is -2.13. The van der Waals surface area contributed by atoms with Gasteiger partial charge in [0.15, 0.2) is 0 Å². The van der Waals surface area contributed by atoms with Crippen molar-refractivity contribution in [2.45, 2.75) is 34.1 Å². The third-order valence-electron chi connectivity index (χ3n) is 4.06. The molecule has 2 aromatic rings. The van der Waals surface area contributed by atoms with Crippen LogP contribution in [0.15, 0.2) is 24.3 Å². The van der Waals surface area contributed by atoms with Crippen LogP contribution in [0.4, 0.5) is 0 Å². The summed E-state index contributed by atoms with van der Waals surface area (Å²) < 4.78 is 0. The first-order chi connectivity index (χ1) is 9.96. The third kappa shape index (κ3) is 3.01. The van der Waals surface area contributed by atoms with Gasteiger partial charge < -0.3 is 0 Å². The summed E-state index contributed by atoms with van der Waals surface area (Å²) >= 11 is 0. The fourth-order valence-electron chi connectivity index (χ4n) is 2.65. The van der Waals surface area contributed by atoms with Gasteiger partial charge in [-0.15, -0.1) is 12.8 Å². The first kappa shape index (κ1) is 15.0. The Morgan fingerprint density at radius 3 is 1.38 bits per heavy atom. The molecule has 0 aliphatic heterocycles. The molecule has 21 heavy (non-hydrogen) atoms. The molecule has 0 heterocycles. The molecule has 0 aromatic heterocycles. The molecule has 0 spiro atoms. The van der Waals surface area contributed by atoms with Crippen molar-refractivity contribution in [3.05, 3.63) is 68.8 Å². The third-order valence-corrected chi connectivity index (χ3v) is 4.06. The van der Waals surface area contributed by atoms with E-state index in [2.05, 4.69) is 63.8 Å². The number of hydrogen-bond donors (Lipinski definition) is 0. The minimum atomic E-state index is 0.912. The van der Waals surface area contributed by atoms with Gasteiger partial charge in [-0.1, -0.05) is 24.0 Å². The van der Waals surface area contributed by atoms with Gasteiger partial charge in [0.2, 0.25) is 0 Å². The van der Waals surface area contributed by atoms with Crippen LogP contribution in [0.2, 0.25) is 0 Å². The van der Waals surface area contributed by atoms with Crippen molar-refractivity contribution >= 4 is 0 Å². The van der Waals surface area contributed by atoms with Crippen LogP contribution in [-0.2, 0) is 6.42 Å². The molecular formula is C21H20. The number of rotatable bonds is 2. The van der Waals surface area contributed by atoms with Crippen LogP contribution < -0.4 is 0 Å². The fraction of sp³-hybridized carbons (Fsp3) is 0.238. The molecule has 0 aliphatic rings. The molecule has 0 N–H and O–H groups in total. The van der Waals surface area contributed by atoms with Crippen molar-refractivity contribution in [2.24, 2.45) is 0 Å². The average molecular weight is 272 g/mol. The second-order valence-corrected chi connectivity index (χ2v) is 5.65. The number of hydrogen-bond acceptors (Lipinski definition) is 0. The van der Waals surface area contributed by atoms with Crippen LogP contribution in [0.3, 0.4) is 0 Å². The number of benzene rings is 2. The van der Waals surface area contributed by atoms with Crippen LogP contribution in [0, 0.1) is 52.4 Å². The molecule has 104 valence electrons. The average Bonchev–Trinajstić information content (AvgIpc) is 2.45. The topological polar surface area (TPSA) is 0 Å². The Hall–Kier alpha value is -2.44. The van der Waals surface area contributed by atoms with Gasteiger partial charge in [-0.25, -0.2) is 0 Å². The summed E-state index contributed by atoms with van der Waals surface area (Å²) in [6.45, 7) is 8.37. The number of aryl methyl sites for hydroxylation is 4. The van der Waals surface area contributed by atoms with E-state index in [-0.39, 0.29) is 0 Å². The molecule has 0 unspecified atom stereocenters. The van der Waals surface area contributed by atoms with Crippen molar-refractivity contribution in [1.82, 2.24) is 0 Å². The number of terminal acetylenes is 2. The predicted octanol–water partition coefficient (Wildman–Crippen LogP) is 4.47. The summed E-state index contributed by atoms with van der Waals surface area (Å²) in [5, 5.41) is 0. The lowest BCUT2D eigenvalue weighted by atomic mass is 9.92. The molecule has 0 nitrogen and oxygen atoms in total. The highest BCUT2D eigenvalue weighted by molar-refractivity contribution is 5.49. The largest absolute Gasteiger partial charge is 0.115 e. The van der Waals surface area contributed by atoms with E-state index in [0.717, 1.165) is 28.7 Å². The first-order valence-electron chi connectivity index (χ1n) is 7.09. The Morgan fingerprint density at radius 1 is 0.667 bits per heavy atom. The van der Waals surface area contributed by atoms with E-state index in [1.54, 1.807) is 0 Å². The van der Waals surface area contributed by atoms with Gasteiger partial charge in [0.25, 0.3) is 0 Å². The summed E-state index contributed by atoms with van der Waals surface area (Å²) in [4.78, 5) is 0. The van der Waals surface area contributed by atoms with E-state index in [4.69, 9.17) is 12.8 Å². The monoisotopic (exact) mass is 272 g/mol. The van der Waals surface area contributed by atoms with Gasteiger partial charge in [-0.05, 0) is 79.6 Å². The zero-order chi connectivity index (χ0) is 15.6. The Labute approximate surface area is 128 Å². The SMILES string of the molecule is C#Cc1cc(C)c(Cc2cc(C)c(C#C)cc2C)cc1C. The van der Waals surface area contributed by atoms with Gasteiger partial charge in [0, 0.05) is 11.1 Å². The molecule has 0 saturated carbocycles. The van der Waals surface area contributed by atoms with Gasteiger partial charge in [0.1, 0.15) is 0 Å². The van der Waals surface area contributed by atoms with Crippen LogP contribution >= 0.6 is 0 Å². The Kier molecular flexibility index (Phi) is 4.21. The molecule has 0 heteroatoms. The van der Waals surface area contributed by atoms with Crippen LogP contribution in [-0.4, -0.2) is 0 Å². The maximum Gasteiger partial charge on any atom is 0.0274 e. The van der Waals surface area contributed by atoms with E-state index < -0.39 is 0 Å². The quantitative estimate of drug-likeness (QED) is 0.707. The Balaban J connectivity index is 2.45. The van der Waals surface area contributed by atoms with Crippen molar-refractivity contribution in [1.29, 1.82) is 0 Å². The van der Waals surface area contributed by atoms with E-state index in [0.29, 0.717) is 0 Å². The minimum Gasteiger partial charge on any atom is -0.115 e. The molecule has 0 amide bonds. The second-order valence-electron chi connectivity index (χ2n) is 5.65. The lowest BCUT2D eigenvalue weighted by Crippen LogP contribution is -1.99. The highest BCUT2D eigenvalue weighted by atomic mass is 14.1. The molecule has 0 radical (unpaired) electrons. The van der Waals surface area contributed by atoms with E-state index in [1.165, 1.54) is 22.3 Å². The van der Waals surface area contributed by atoms with Crippen molar-refractivity contribution < 1.29 is 0 Å². The van der Waals surface area contributed by atoms with Crippen LogP contribution in [0.25, 0.3) is 0 Å². The fourth-order valence-corrected chi connectivity index (χ4v) is 2.65. The summed E-state index contributed by atoms with van der Waals surface area (Å²) in [6.07, 6.45) is 12.0. The molecule has 0 fully saturated rings. The van der Waals surface area contributed by atoms with E-state index in [9.17, 15) is 0 Å². The van der Waals surface area contributed by atoms with Crippen LogP contribution in [0.1, 0.15) is 44.5 Å². The lowest BCUT2D eigenvalue weighted by molar-refractivity contribution is 1.11. The van der Waals surface area contributed by atoms with E-state index >= 15 is 0 Å². The standard InChI is InChI=1S/C21H20/c1-7-18-9-16(5)20(11-14(18)3)13-21-12-15(4)19(8-2)10-17(21)6/h1-2,9-12H,13H2,3-6H3. The molecule has 0 aliphatic carbocycles. The molecule has 0 saturated heterocycles. The molecule has 0 atom stereocenters. The highest BCUT2D eigenvalue weighted by Gasteiger charge is 2.08.